The first-order chi connectivity index (χ1) is 26.0. The summed E-state index contributed by atoms with van der Waals surface area (Å²) in [6.07, 6.45) is 0. The van der Waals surface area contributed by atoms with Crippen LogP contribution in [0.25, 0.3) is 98.7 Å². The smallest absolute Gasteiger partial charge is 0.0159 e. The van der Waals surface area contributed by atoms with Crippen LogP contribution in [0, 0.1) is 0 Å². The highest BCUT2D eigenvalue weighted by Crippen LogP contribution is 2.50. The molecule has 10 aromatic carbocycles. The van der Waals surface area contributed by atoms with Crippen LogP contribution in [-0.4, -0.2) is 0 Å². The highest BCUT2D eigenvalue weighted by molar-refractivity contribution is 6.27. The van der Waals surface area contributed by atoms with E-state index >= 15 is 0 Å². The van der Waals surface area contributed by atoms with Gasteiger partial charge in [0.2, 0.25) is 0 Å². The van der Waals surface area contributed by atoms with Crippen molar-refractivity contribution in [3.05, 3.63) is 193 Å². The second kappa shape index (κ2) is 11.2. The van der Waals surface area contributed by atoms with E-state index in [4.69, 9.17) is 0 Å². The van der Waals surface area contributed by atoms with Gasteiger partial charge in [-0.05, 0) is 146 Å². The van der Waals surface area contributed by atoms with Crippen LogP contribution in [0.5, 0.6) is 0 Å². The lowest BCUT2D eigenvalue weighted by molar-refractivity contribution is 0.661. The van der Waals surface area contributed by atoms with Crippen LogP contribution in [0.3, 0.4) is 0 Å². The molecule has 0 unspecified atom stereocenters. The quantitative estimate of drug-likeness (QED) is 0.163. The van der Waals surface area contributed by atoms with Gasteiger partial charge in [0.25, 0.3) is 0 Å². The van der Waals surface area contributed by atoms with E-state index in [1.807, 2.05) is 0 Å². The summed E-state index contributed by atoms with van der Waals surface area (Å²) in [4.78, 5) is 0. The third-order valence-electron chi connectivity index (χ3n) is 12.0. The second-order valence-electron chi connectivity index (χ2n) is 15.3. The van der Waals surface area contributed by atoms with Gasteiger partial charge in [-0.1, -0.05) is 159 Å². The van der Waals surface area contributed by atoms with E-state index in [2.05, 4.69) is 196 Å². The molecule has 11 rings (SSSR count). The highest BCUT2D eigenvalue weighted by atomic mass is 14.4. The first-order valence-corrected chi connectivity index (χ1v) is 18.7. The predicted octanol–water partition coefficient (Wildman–Crippen LogP) is 14.7. The number of rotatable bonds is 4. The summed E-state index contributed by atoms with van der Waals surface area (Å²) in [5.74, 6) is 0. The van der Waals surface area contributed by atoms with Gasteiger partial charge in [0, 0.05) is 5.41 Å². The summed E-state index contributed by atoms with van der Waals surface area (Å²) in [6, 6.07) is 68.0. The van der Waals surface area contributed by atoms with E-state index in [1.54, 1.807) is 0 Å². The van der Waals surface area contributed by atoms with Crippen LogP contribution in [0.1, 0.15) is 25.0 Å². The molecule has 0 heterocycles. The normalized spacial score (nSPS) is 13.2. The topological polar surface area (TPSA) is 0 Å². The summed E-state index contributed by atoms with van der Waals surface area (Å²) in [5.41, 5.74) is 15.4. The van der Waals surface area contributed by atoms with Crippen LogP contribution < -0.4 is 0 Å². The molecule has 0 radical (unpaired) electrons. The van der Waals surface area contributed by atoms with Crippen molar-refractivity contribution in [2.75, 3.05) is 0 Å². The van der Waals surface area contributed by atoms with Gasteiger partial charge < -0.3 is 0 Å². The van der Waals surface area contributed by atoms with E-state index in [0.717, 1.165) is 0 Å². The molecule has 0 aromatic heterocycles. The van der Waals surface area contributed by atoms with Crippen molar-refractivity contribution in [1.29, 1.82) is 0 Å². The molecule has 0 bridgehead atoms. The Kier molecular flexibility index (Phi) is 6.40. The summed E-state index contributed by atoms with van der Waals surface area (Å²) >= 11 is 0. The molecule has 53 heavy (non-hydrogen) atoms. The molecule has 0 aliphatic heterocycles. The molecule has 0 nitrogen and oxygen atoms in total. The minimum Gasteiger partial charge on any atom is -0.0622 e. The van der Waals surface area contributed by atoms with Gasteiger partial charge in [-0.25, -0.2) is 0 Å². The lowest BCUT2D eigenvalue weighted by atomic mass is 9.81. The zero-order valence-corrected chi connectivity index (χ0v) is 29.8. The molecular weight excluding hydrogens is 637 g/mol. The lowest BCUT2D eigenvalue weighted by Crippen LogP contribution is -2.14. The van der Waals surface area contributed by atoms with Gasteiger partial charge in [-0.3, -0.25) is 0 Å². The van der Waals surface area contributed by atoms with Gasteiger partial charge in [0.15, 0.2) is 0 Å². The zero-order valence-electron chi connectivity index (χ0n) is 29.8. The van der Waals surface area contributed by atoms with Crippen LogP contribution in [0.15, 0.2) is 182 Å². The molecule has 1 aliphatic carbocycles. The van der Waals surface area contributed by atoms with Gasteiger partial charge in [0.1, 0.15) is 0 Å². The number of benzene rings is 10. The van der Waals surface area contributed by atoms with Crippen molar-refractivity contribution in [3.63, 3.8) is 0 Å². The maximum absolute atomic E-state index is 2.45. The fourth-order valence-electron chi connectivity index (χ4n) is 9.29. The molecule has 0 saturated carbocycles. The number of hydrogen-bond donors (Lipinski definition) is 0. The van der Waals surface area contributed by atoms with Gasteiger partial charge in [0.05, 0.1) is 0 Å². The minimum atomic E-state index is -0.0343. The average Bonchev–Trinajstić information content (AvgIpc) is 3.44. The molecule has 1 aliphatic rings. The highest BCUT2D eigenvalue weighted by Gasteiger charge is 2.35. The molecule has 0 spiro atoms. The lowest BCUT2D eigenvalue weighted by Gasteiger charge is -2.21. The molecule has 0 heteroatoms. The monoisotopic (exact) mass is 672 g/mol. The van der Waals surface area contributed by atoms with E-state index in [1.165, 1.54) is 110 Å². The van der Waals surface area contributed by atoms with Crippen molar-refractivity contribution in [2.24, 2.45) is 0 Å². The molecule has 248 valence electrons. The maximum atomic E-state index is 2.45. The van der Waals surface area contributed by atoms with Crippen molar-refractivity contribution in [1.82, 2.24) is 0 Å². The summed E-state index contributed by atoms with van der Waals surface area (Å²) in [7, 11) is 0. The molecule has 0 saturated heterocycles. The van der Waals surface area contributed by atoms with Crippen molar-refractivity contribution >= 4 is 43.1 Å². The molecule has 0 N–H and O–H groups in total. The molecule has 0 amide bonds. The van der Waals surface area contributed by atoms with E-state index in [-0.39, 0.29) is 5.41 Å². The van der Waals surface area contributed by atoms with Crippen molar-refractivity contribution in [2.45, 2.75) is 19.3 Å². The number of fused-ring (bicyclic) bond motifs is 4. The Bertz CT molecular complexity index is 3060. The second-order valence-corrected chi connectivity index (χ2v) is 15.3. The van der Waals surface area contributed by atoms with Crippen molar-refractivity contribution in [3.8, 4) is 55.6 Å². The molecule has 10 aromatic rings. The number of hydrogen-bond acceptors (Lipinski definition) is 0. The van der Waals surface area contributed by atoms with Crippen LogP contribution in [0.2, 0.25) is 0 Å². The van der Waals surface area contributed by atoms with Crippen LogP contribution in [-0.2, 0) is 5.41 Å². The largest absolute Gasteiger partial charge is 0.0622 e. The summed E-state index contributed by atoms with van der Waals surface area (Å²) in [6.45, 7) is 4.73. The van der Waals surface area contributed by atoms with Gasteiger partial charge >= 0.3 is 0 Å². The Morgan fingerprint density at radius 1 is 0.283 bits per heavy atom. The maximum Gasteiger partial charge on any atom is 0.0159 e. The third-order valence-corrected chi connectivity index (χ3v) is 12.0. The van der Waals surface area contributed by atoms with Gasteiger partial charge in [-0.2, -0.15) is 0 Å². The predicted molar refractivity (Wildman–Crippen MR) is 227 cm³/mol. The fraction of sp³-hybridized carbons (Fsp3) is 0.0566. The SMILES string of the molecule is CC1(C)c2ccccc2-c2cc3ccc(-c4cc(-c5ccccc5)cc(-c5ccc6ccc7c(-c8ccccc8)ccc8ccc5c6c87)c4)cc3cc21. The Hall–Kier alpha value is -6.50. The third kappa shape index (κ3) is 4.55. The minimum absolute atomic E-state index is 0.0343. The molecular formula is C53H36. The van der Waals surface area contributed by atoms with Crippen molar-refractivity contribution < 1.29 is 0 Å². The van der Waals surface area contributed by atoms with Crippen LogP contribution >= 0.6 is 0 Å². The molecule has 0 atom stereocenters. The Morgan fingerprint density at radius 3 is 1.53 bits per heavy atom. The fourth-order valence-corrected chi connectivity index (χ4v) is 9.29. The van der Waals surface area contributed by atoms with E-state index in [0.29, 0.717) is 0 Å². The zero-order chi connectivity index (χ0) is 35.3. The van der Waals surface area contributed by atoms with Crippen LogP contribution in [0.4, 0.5) is 0 Å². The summed E-state index contributed by atoms with van der Waals surface area (Å²) in [5, 5.41) is 10.4. The Morgan fingerprint density at radius 2 is 0.830 bits per heavy atom. The Labute approximate surface area is 310 Å². The first kappa shape index (κ1) is 30.2. The van der Waals surface area contributed by atoms with Gasteiger partial charge in [-0.15, -0.1) is 0 Å². The Balaban J connectivity index is 1.12. The summed E-state index contributed by atoms with van der Waals surface area (Å²) < 4.78 is 0. The first-order valence-electron chi connectivity index (χ1n) is 18.7. The van der Waals surface area contributed by atoms with E-state index < -0.39 is 0 Å². The molecule has 0 fully saturated rings. The standard InChI is InChI=1S/C53H36/c1-53(2)49-16-10-9-15-45(49)48-31-38-18-17-37(27-41(38)32-50(48)53)40-28-39(33-11-5-3-6-12-33)29-42(30-40)44-24-20-36-21-25-46-43(34-13-7-4-8-14-34)23-19-35-22-26-47(44)52(36)51(35)46/h3-32H,1-2H3. The average molecular weight is 673 g/mol. The van der Waals surface area contributed by atoms with E-state index in [9.17, 15) is 0 Å².